The fourth-order valence-electron chi connectivity index (χ4n) is 3.23. The van der Waals surface area contributed by atoms with E-state index < -0.39 is 18.7 Å². The van der Waals surface area contributed by atoms with Crippen molar-refractivity contribution >= 4 is 23.5 Å². The van der Waals surface area contributed by atoms with Gasteiger partial charge in [0.25, 0.3) is 0 Å². The third-order valence-electron chi connectivity index (χ3n) is 4.60. The summed E-state index contributed by atoms with van der Waals surface area (Å²) in [6, 6.07) is 15.1. The van der Waals surface area contributed by atoms with Gasteiger partial charge >= 0.3 is 6.03 Å². The zero-order valence-corrected chi connectivity index (χ0v) is 16.2. The number of hydrogen-bond acceptors (Lipinski definition) is 4. The second-order valence-electron chi connectivity index (χ2n) is 6.20. The first-order valence-corrected chi connectivity index (χ1v) is 9.71. The van der Waals surface area contributed by atoms with Gasteiger partial charge in [-0.2, -0.15) is 10.5 Å². The van der Waals surface area contributed by atoms with E-state index >= 15 is 0 Å². The SMILES string of the molecule is CSc1cc(C#N)ccc1[C@H]1NC(=O)N(c2cccc(CF)c2)C(C)=C1C#N. The summed E-state index contributed by atoms with van der Waals surface area (Å²) in [5, 5.41) is 21.8. The Bertz CT molecular complexity index is 1050. The van der Waals surface area contributed by atoms with Crippen molar-refractivity contribution in [3.05, 3.63) is 70.4 Å². The van der Waals surface area contributed by atoms with Gasteiger partial charge in [-0.3, -0.25) is 4.90 Å². The van der Waals surface area contributed by atoms with Crippen LogP contribution in [0.25, 0.3) is 0 Å². The minimum Gasteiger partial charge on any atom is -0.326 e. The van der Waals surface area contributed by atoms with E-state index in [1.165, 1.54) is 16.7 Å². The van der Waals surface area contributed by atoms with E-state index in [1.807, 2.05) is 6.26 Å². The fraction of sp³-hybridized carbons (Fsp3) is 0.190. The molecule has 5 nitrogen and oxygen atoms in total. The highest BCUT2D eigenvalue weighted by atomic mass is 32.2. The minimum atomic E-state index is -0.637. The van der Waals surface area contributed by atoms with E-state index in [0.29, 0.717) is 28.1 Å². The van der Waals surface area contributed by atoms with E-state index in [1.54, 1.807) is 49.4 Å². The topological polar surface area (TPSA) is 79.9 Å². The van der Waals surface area contributed by atoms with E-state index in [2.05, 4.69) is 17.5 Å². The highest BCUT2D eigenvalue weighted by Crippen LogP contribution is 2.37. The molecule has 28 heavy (non-hydrogen) atoms. The Labute approximate surface area is 167 Å². The lowest BCUT2D eigenvalue weighted by atomic mass is 9.94. The van der Waals surface area contributed by atoms with Crippen LogP contribution in [0.5, 0.6) is 0 Å². The number of amides is 2. The van der Waals surface area contributed by atoms with Crippen LogP contribution >= 0.6 is 11.8 Å². The van der Waals surface area contributed by atoms with Gasteiger partial charge in [0.15, 0.2) is 0 Å². The molecule has 1 N–H and O–H groups in total. The second-order valence-corrected chi connectivity index (χ2v) is 7.05. The van der Waals surface area contributed by atoms with Gasteiger partial charge in [0.2, 0.25) is 0 Å². The summed E-state index contributed by atoms with van der Waals surface area (Å²) in [6.45, 7) is 1.07. The predicted octanol–water partition coefficient (Wildman–Crippen LogP) is 4.82. The molecule has 0 aromatic heterocycles. The van der Waals surface area contributed by atoms with Crippen molar-refractivity contribution < 1.29 is 9.18 Å². The van der Waals surface area contributed by atoms with Crippen LogP contribution in [0.2, 0.25) is 0 Å². The number of carbonyl (C=O) groups excluding carboxylic acids is 1. The number of nitrogens with one attached hydrogen (secondary N) is 1. The molecule has 0 saturated heterocycles. The quantitative estimate of drug-likeness (QED) is 0.757. The zero-order valence-electron chi connectivity index (χ0n) is 15.4. The molecule has 0 fully saturated rings. The van der Waals surface area contributed by atoms with Crippen LogP contribution in [0.3, 0.4) is 0 Å². The Morgan fingerprint density at radius 1 is 1.21 bits per heavy atom. The number of anilines is 1. The molecular formula is C21H17FN4OS. The summed E-state index contributed by atoms with van der Waals surface area (Å²) in [5.41, 5.74) is 3.11. The molecule has 0 aliphatic carbocycles. The average molecular weight is 392 g/mol. The number of carbonyl (C=O) groups is 1. The number of alkyl halides is 1. The highest BCUT2D eigenvalue weighted by molar-refractivity contribution is 7.98. The lowest BCUT2D eigenvalue weighted by Gasteiger charge is -2.34. The lowest BCUT2D eigenvalue weighted by Crippen LogP contribution is -2.46. The van der Waals surface area contributed by atoms with Crippen LogP contribution in [0, 0.1) is 22.7 Å². The van der Waals surface area contributed by atoms with Gasteiger partial charge in [0.05, 0.1) is 35.0 Å². The molecule has 2 amide bonds. The first-order chi connectivity index (χ1) is 13.5. The molecule has 0 saturated carbocycles. The molecule has 3 rings (SSSR count). The van der Waals surface area contributed by atoms with Gasteiger partial charge < -0.3 is 5.32 Å². The molecule has 2 aromatic carbocycles. The predicted molar refractivity (Wildman–Crippen MR) is 106 cm³/mol. The second kappa shape index (κ2) is 8.16. The molecule has 2 aromatic rings. The average Bonchev–Trinajstić information content (AvgIpc) is 2.73. The van der Waals surface area contributed by atoms with Gasteiger partial charge in [-0.25, -0.2) is 9.18 Å². The molecule has 0 bridgehead atoms. The number of allylic oxidation sites excluding steroid dienone is 1. The van der Waals surface area contributed by atoms with Crippen LogP contribution in [0.4, 0.5) is 14.9 Å². The Kier molecular flexibility index (Phi) is 5.67. The molecule has 1 aliphatic rings. The summed E-state index contributed by atoms with van der Waals surface area (Å²) in [6.07, 6.45) is 1.88. The number of urea groups is 1. The Balaban J connectivity index is 2.11. The van der Waals surface area contributed by atoms with Gasteiger partial charge in [-0.15, -0.1) is 11.8 Å². The summed E-state index contributed by atoms with van der Waals surface area (Å²) in [5.74, 6) is 0. The number of halogens is 1. The van der Waals surface area contributed by atoms with Crippen molar-refractivity contribution in [3.63, 3.8) is 0 Å². The Hall–Kier alpha value is -3.29. The maximum Gasteiger partial charge on any atom is 0.327 e. The van der Waals surface area contributed by atoms with Crippen LogP contribution < -0.4 is 10.2 Å². The van der Waals surface area contributed by atoms with Crippen LogP contribution in [-0.4, -0.2) is 12.3 Å². The van der Waals surface area contributed by atoms with E-state index in [4.69, 9.17) is 5.26 Å². The maximum absolute atomic E-state index is 13.0. The number of benzene rings is 2. The molecule has 1 heterocycles. The normalized spacial score (nSPS) is 16.4. The first-order valence-electron chi connectivity index (χ1n) is 8.48. The summed E-state index contributed by atoms with van der Waals surface area (Å²) < 4.78 is 13.0. The Morgan fingerprint density at radius 2 is 2.00 bits per heavy atom. The third-order valence-corrected chi connectivity index (χ3v) is 5.40. The number of nitriles is 2. The van der Waals surface area contributed by atoms with Crippen molar-refractivity contribution in [3.8, 4) is 12.1 Å². The third kappa shape index (κ3) is 3.45. The fourth-order valence-corrected chi connectivity index (χ4v) is 3.90. The van der Waals surface area contributed by atoms with Crippen molar-refractivity contribution in [1.82, 2.24) is 5.32 Å². The lowest BCUT2D eigenvalue weighted by molar-refractivity contribution is 0.243. The van der Waals surface area contributed by atoms with Gasteiger partial charge in [-0.1, -0.05) is 18.2 Å². The summed E-state index contributed by atoms with van der Waals surface area (Å²) in [4.78, 5) is 15.1. The van der Waals surface area contributed by atoms with E-state index in [-0.39, 0.29) is 0 Å². The monoisotopic (exact) mass is 392 g/mol. The maximum atomic E-state index is 13.0. The molecule has 1 atom stereocenters. The molecule has 0 spiro atoms. The van der Waals surface area contributed by atoms with E-state index in [0.717, 1.165) is 10.5 Å². The molecule has 0 unspecified atom stereocenters. The largest absolute Gasteiger partial charge is 0.327 e. The summed E-state index contributed by atoms with van der Waals surface area (Å²) >= 11 is 1.45. The van der Waals surface area contributed by atoms with Crippen molar-refractivity contribution in [2.75, 3.05) is 11.2 Å². The van der Waals surface area contributed by atoms with Gasteiger partial charge in [0, 0.05) is 10.6 Å². The number of rotatable bonds is 4. The summed E-state index contributed by atoms with van der Waals surface area (Å²) in [7, 11) is 0. The first kappa shape index (κ1) is 19.5. The smallest absolute Gasteiger partial charge is 0.326 e. The molecule has 0 radical (unpaired) electrons. The van der Waals surface area contributed by atoms with E-state index in [9.17, 15) is 14.4 Å². The van der Waals surface area contributed by atoms with Crippen molar-refractivity contribution in [1.29, 1.82) is 10.5 Å². The van der Waals surface area contributed by atoms with Crippen LogP contribution in [-0.2, 0) is 6.67 Å². The standard InChI is InChI=1S/C21H17FN4OS/c1-13-18(12-24)20(17-7-6-15(11-23)9-19(17)28-2)25-21(27)26(13)16-5-3-4-14(8-16)10-22/h3-9,20H,10H2,1-2H3,(H,25,27)/t20-/m1/s1. The molecule has 1 aliphatic heterocycles. The highest BCUT2D eigenvalue weighted by Gasteiger charge is 2.34. The van der Waals surface area contributed by atoms with Crippen LogP contribution in [0.1, 0.15) is 29.7 Å². The molecule has 7 heteroatoms. The Morgan fingerprint density at radius 3 is 2.64 bits per heavy atom. The van der Waals surface area contributed by atoms with Crippen molar-refractivity contribution in [2.45, 2.75) is 24.5 Å². The zero-order chi connectivity index (χ0) is 20.3. The van der Waals surface area contributed by atoms with Crippen molar-refractivity contribution in [2.24, 2.45) is 0 Å². The van der Waals surface area contributed by atoms with Crippen LogP contribution in [0.15, 0.2) is 58.6 Å². The number of nitrogens with zero attached hydrogens (tertiary/aromatic N) is 3. The minimum absolute atomic E-state index is 0.394. The molecular weight excluding hydrogens is 375 g/mol. The number of thioether (sulfide) groups is 1. The number of hydrogen-bond donors (Lipinski definition) is 1. The van der Waals surface area contributed by atoms with Gasteiger partial charge in [-0.05, 0) is 48.6 Å². The van der Waals surface area contributed by atoms with Gasteiger partial charge in [0.1, 0.15) is 6.67 Å². The molecule has 140 valence electrons.